The minimum Gasteiger partial charge on any atom is -0.378 e. The van der Waals surface area contributed by atoms with Crippen LogP contribution >= 0.6 is 11.3 Å². The van der Waals surface area contributed by atoms with E-state index in [4.69, 9.17) is 4.74 Å². The van der Waals surface area contributed by atoms with Gasteiger partial charge in [0.05, 0.1) is 24.9 Å². The van der Waals surface area contributed by atoms with Crippen molar-refractivity contribution in [1.82, 2.24) is 28.7 Å². The maximum absolute atomic E-state index is 13.7. The van der Waals surface area contributed by atoms with Crippen LogP contribution in [0.25, 0.3) is 10.2 Å². The molecule has 14 heteroatoms. The van der Waals surface area contributed by atoms with Crippen LogP contribution in [0.15, 0.2) is 34.5 Å². The molecule has 1 amide bonds. The number of fused-ring (bicyclic) bond motifs is 1. The Morgan fingerprint density at radius 3 is 2.43 bits per heavy atom. The van der Waals surface area contributed by atoms with Crippen LogP contribution in [-0.4, -0.2) is 95.5 Å². The van der Waals surface area contributed by atoms with Gasteiger partial charge in [-0.1, -0.05) is 0 Å². The molecule has 0 atom stereocenters. The maximum Gasteiger partial charge on any atom is 0.263 e. The predicted octanol–water partition coefficient (Wildman–Crippen LogP) is -0.0739. The number of rotatable bonds is 5. The molecule has 12 nitrogen and oxygen atoms in total. The monoisotopic (exact) mass is 519 g/mol. The number of aryl methyl sites for hydroxylation is 1. The van der Waals surface area contributed by atoms with E-state index in [1.807, 2.05) is 4.90 Å². The standard InChI is InChI=1S/C21H25N7O5S2/c1-15-18(35(31,32)28-7-5-26(6-8-28)21-22-3-2-4-23-21)17-19(34-15)24-14-27(20(17)30)13-16(29)25-9-11-33-12-10-25/h2-4,14H,5-13H2,1H3. The van der Waals surface area contributed by atoms with E-state index in [-0.39, 0.29) is 35.8 Å². The van der Waals surface area contributed by atoms with Gasteiger partial charge in [-0.15, -0.1) is 11.3 Å². The molecule has 0 saturated carbocycles. The van der Waals surface area contributed by atoms with E-state index in [0.717, 1.165) is 11.3 Å². The molecule has 0 spiro atoms. The van der Waals surface area contributed by atoms with E-state index < -0.39 is 15.6 Å². The van der Waals surface area contributed by atoms with Gasteiger partial charge in [0.2, 0.25) is 21.9 Å². The van der Waals surface area contributed by atoms with Crippen molar-refractivity contribution in [2.75, 3.05) is 57.4 Å². The summed E-state index contributed by atoms with van der Waals surface area (Å²) in [7, 11) is -3.96. The second-order valence-electron chi connectivity index (χ2n) is 8.28. The summed E-state index contributed by atoms with van der Waals surface area (Å²) in [5.41, 5.74) is -0.532. The Labute approximate surface area is 205 Å². The van der Waals surface area contributed by atoms with Crippen LogP contribution in [0.1, 0.15) is 4.88 Å². The van der Waals surface area contributed by atoms with Crippen molar-refractivity contribution in [3.63, 3.8) is 0 Å². The molecule has 2 saturated heterocycles. The van der Waals surface area contributed by atoms with Gasteiger partial charge in [0, 0.05) is 56.5 Å². The summed E-state index contributed by atoms with van der Waals surface area (Å²) in [6.07, 6.45) is 4.61. The van der Waals surface area contributed by atoms with Crippen molar-refractivity contribution in [2.45, 2.75) is 18.4 Å². The van der Waals surface area contributed by atoms with Crippen LogP contribution < -0.4 is 10.5 Å². The lowest BCUT2D eigenvalue weighted by atomic mass is 10.3. The summed E-state index contributed by atoms with van der Waals surface area (Å²) >= 11 is 1.16. The number of carbonyl (C=O) groups is 1. The first-order chi connectivity index (χ1) is 16.9. The number of hydrogen-bond donors (Lipinski definition) is 0. The molecule has 5 heterocycles. The molecule has 35 heavy (non-hydrogen) atoms. The van der Waals surface area contributed by atoms with Crippen molar-refractivity contribution in [2.24, 2.45) is 0 Å². The molecule has 2 fully saturated rings. The van der Waals surface area contributed by atoms with E-state index in [0.29, 0.717) is 55.0 Å². The highest BCUT2D eigenvalue weighted by atomic mass is 32.2. The van der Waals surface area contributed by atoms with Gasteiger partial charge in [-0.3, -0.25) is 14.2 Å². The summed E-state index contributed by atoms with van der Waals surface area (Å²) in [5.74, 6) is 0.325. The second kappa shape index (κ2) is 9.60. The predicted molar refractivity (Wildman–Crippen MR) is 129 cm³/mol. The lowest BCUT2D eigenvalue weighted by molar-refractivity contribution is -0.135. The van der Waals surface area contributed by atoms with Crippen molar-refractivity contribution in [1.29, 1.82) is 0 Å². The zero-order valence-corrected chi connectivity index (χ0v) is 20.8. The lowest BCUT2D eigenvalue weighted by Crippen LogP contribution is -2.49. The van der Waals surface area contributed by atoms with E-state index in [1.54, 1.807) is 30.3 Å². The molecule has 0 aliphatic carbocycles. The molecule has 3 aromatic heterocycles. The Balaban J connectivity index is 1.42. The Kier molecular flexibility index (Phi) is 6.53. The van der Waals surface area contributed by atoms with Gasteiger partial charge in [0.1, 0.15) is 16.3 Å². The molecule has 0 bridgehead atoms. The average Bonchev–Trinajstić information content (AvgIpc) is 3.24. The molecule has 0 N–H and O–H groups in total. The topological polar surface area (TPSA) is 131 Å². The normalized spacial score (nSPS) is 17.7. The maximum atomic E-state index is 13.7. The van der Waals surface area contributed by atoms with Crippen LogP contribution in [0.5, 0.6) is 0 Å². The highest BCUT2D eigenvalue weighted by molar-refractivity contribution is 7.89. The molecular formula is C21H25N7O5S2. The number of sulfonamides is 1. The smallest absolute Gasteiger partial charge is 0.263 e. The molecule has 2 aliphatic rings. The van der Waals surface area contributed by atoms with Crippen LogP contribution in [-0.2, 0) is 26.1 Å². The lowest BCUT2D eigenvalue weighted by Gasteiger charge is -2.33. The number of piperazine rings is 1. The van der Waals surface area contributed by atoms with Gasteiger partial charge in [-0.05, 0) is 13.0 Å². The minimum atomic E-state index is -3.96. The van der Waals surface area contributed by atoms with E-state index in [1.165, 1.54) is 15.2 Å². The Morgan fingerprint density at radius 1 is 1.06 bits per heavy atom. The summed E-state index contributed by atoms with van der Waals surface area (Å²) in [6, 6.07) is 1.73. The van der Waals surface area contributed by atoms with Gasteiger partial charge in [-0.2, -0.15) is 4.31 Å². The summed E-state index contributed by atoms with van der Waals surface area (Å²) in [4.78, 5) is 43.2. The first-order valence-electron chi connectivity index (χ1n) is 11.2. The number of anilines is 1. The number of carbonyl (C=O) groups excluding carboxylic acids is 1. The van der Waals surface area contributed by atoms with Crippen molar-refractivity contribution in [3.8, 4) is 0 Å². The molecule has 0 radical (unpaired) electrons. The number of hydrogen-bond acceptors (Lipinski definition) is 10. The third kappa shape index (κ3) is 4.53. The van der Waals surface area contributed by atoms with Crippen LogP contribution in [0, 0.1) is 6.92 Å². The zero-order chi connectivity index (χ0) is 24.6. The quantitative estimate of drug-likeness (QED) is 0.454. The molecule has 3 aromatic rings. The zero-order valence-electron chi connectivity index (χ0n) is 19.2. The first kappa shape index (κ1) is 23.8. The number of thiophene rings is 1. The Hall–Kier alpha value is -2.94. The van der Waals surface area contributed by atoms with Gasteiger partial charge in [0.15, 0.2) is 0 Å². The second-order valence-corrected chi connectivity index (χ2v) is 11.4. The van der Waals surface area contributed by atoms with Gasteiger partial charge >= 0.3 is 0 Å². The Morgan fingerprint density at radius 2 is 1.74 bits per heavy atom. The van der Waals surface area contributed by atoms with Crippen LogP contribution in [0.2, 0.25) is 0 Å². The number of ether oxygens (including phenoxy) is 1. The number of amides is 1. The first-order valence-corrected chi connectivity index (χ1v) is 13.5. The summed E-state index contributed by atoms with van der Waals surface area (Å²) < 4.78 is 35.2. The van der Waals surface area contributed by atoms with Crippen LogP contribution in [0.4, 0.5) is 5.95 Å². The number of nitrogens with zero attached hydrogens (tertiary/aromatic N) is 7. The third-order valence-corrected chi connectivity index (χ3v) is 9.35. The van der Waals surface area contributed by atoms with E-state index in [2.05, 4.69) is 15.0 Å². The summed E-state index contributed by atoms with van der Waals surface area (Å²) in [6.45, 7) is 4.63. The molecular weight excluding hydrogens is 494 g/mol. The fourth-order valence-electron chi connectivity index (χ4n) is 4.31. The summed E-state index contributed by atoms with van der Waals surface area (Å²) in [5, 5.41) is 0.0404. The average molecular weight is 520 g/mol. The molecule has 5 rings (SSSR count). The largest absolute Gasteiger partial charge is 0.378 e. The van der Waals surface area contributed by atoms with Crippen molar-refractivity contribution < 1.29 is 17.9 Å². The highest BCUT2D eigenvalue weighted by Crippen LogP contribution is 2.33. The van der Waals surface area contributed by atoms with Gasteiger partial charge < -0.3 is 14.5 Å². The fraction of sp³-hybridized carbons (Fsp3) is 0.476. The molecule has 186 valence electrons. The van der Waals surface area contributed by atoms with Crippen LogP contribution in [0.3, 0.4) is 0 Å². The van der Waals surface area contributed by atoms with Crippen molar-refractivity contribution >= 4 is 43.4 Å². The minimum absolute atomic E-state index is 0.0208. The Bertz CT molecular complexity index is 1390. The fourth-order valence-corrected chi connectivity index (χ4v) is 7.40. The highest BCUT2D eigenvalue weighted by Gasteiger charge is 2.34. The third-order valence-electron chi connectivity index (χ3n) is 6.14. The molecule has 0 unspecified atom stereocenters. The molecule has 0 aromatic carbocycles. The van der Waals surface area contributed by atoms with Gasteiger partial charge in [-0.25, -0.2) is 23.4 Å². The van der Waals surface area contributed by atoms with E-state index >= 15 is 0 Å². The molecule has 2 aliphatic heterocycles. The number of morpholine rings is 1. The van der Waals surface area contributed by atoms with Crippen molar-refractivity contribution in [3.05, 3.63) is 40.0 Å². The van der Waals surface area contributed by atoms with E-state index in [9.17, 15) is 18.0 Å². The number of aromatic nitrogens is 4. The van der Waals surface area contributed by atoms with Gasteiger partial charge in [0.25, 0.3) is 5.56 Å². The SMILES string of the molecule is Cc1sc2ncn(CC(=O)N3CCOCC3)c(=O)c2c1S(=O)(=O)N1CCN(c2ncccn2)CC1.